The van der Waals surface area contributed by atoms with E-state index in [0.29, 0.717) is 37.6 Å². The number of imide groups is 1. The summed E-state index contributed by atoms with van der Waals surface area (Å²) in [6.45, 7) is 6.92. The van der Waals surface area contributed by atoms with Gasteiger partial charge in [0.2, 0.25) is 11.8 Å². The smallest absolute Gasteiger partial charge is 0.284 e. The highest BCUT2D eigenvalue weighted by Crippen LogP contribution is 2.36. The number of nitrogens with one attached hydrogen (secondary N) is 2. The number of anilines is 2. The molecule has 1 unspecified atom stereocenters. The third-order valence-electron chi connectivity index (χ3n) is 12.3. The molecule has 5 fully saturated rings. The van der Waals surface area contributed by atoms with Gasteiger partial charge in [-0.2, -0.15) is 10.2 Å². The Hall–Kier alpha value is -5.24. The van der Waals surface area contributed by atoms with E-state index in [0.717, 1.165) is 88.3 Å². The largest absolute Gasteiger partial charge is 0.374 e. The first-order valence-corrected chi connectivity index (χ1v) is 20.0. The number of morpholine rings is 1. The maximum absolute atomic E-state index is 14.2. The molecule has 2 bridgehead atoms. The first-order chi connectivity index (χ1) is 27.7. The number of hydrogen-bond donors (Lipinski definition) is 2. The summed E-state index contributed by atoms with van der Waals surface area (Å²) >= 11 is 0. The molecule has 4 aliphatic heterocycles. The van der Waals surface area contributed by atoms with Crippen molar-refractivity contribution in [1.29, 1.82) is 0 Å². The third kappa shape index (κ3) is 8.01. The lowest BCUT2D eigenvalue weighted by Gasteiger charge is -2.37. The SMILES string of the molecule is O=C1CCC(c2ccc(C#CCN3CCN(CC4CCC(n5cc(NC(=O)c6cnn7ccc(N8C[C@H]9C[C@@H]8CO9)nc67)c(C(F)F)n5)CC4)CC3)cc2)C(=O)N1. The van der Waals surface area contributed by atoms with Crippen molar-refractivity contribution in [2.24, 2.45) is 5.92 Å². The van der Waals surface area contributed by atoms with E-state index in [1.165, 1.54) is 10.7 Å². The van der Waals surface area contributed by atoms with Crippen LogP contribution in [0.2, 0.25) is 0 Å². The number of piperazine rings is 1. The third-order valence-corrected chi connectivity index (χ3v) is 12.3. The number of ether oxygens (including phenoxy) is 1. The topological polar surface area (TPSA) is 142 Å². The molecule has 3 atom stereocenters. The van der Waals surface area contributed by atoms with Crippen molar-refractivity contribution in [3.63, 3.8) is 0 Å². The fourth-order valence-corrected chi connectivity index (χ4v) is 9.05. The predicted molar refractivity (Wildman–Crippen MR) is 206 cm³/mol. The molecule has 0 radical (unpaired) electrons. The van der Waals surface area contributed by atoms with Gasteiger partial charge in [0.15, 0.2) is 11.3 Å². The zero-order valence-corrected chi connectivity index (χ0v) is 31.7. The highest BCUT2D eigenvalue weighted by Gasteiger charge is 2.40. The van der Waals surface area contributed by atoms with Crippen molar-refractivity contribution in [3.8, 4) is 11.8 Å². The van der Waals surface area contributed by atoms with Crippen LogP contribution in [-0.2, 0) is 14.3 Å². The molecule has 1 aliphatic carbocycles. The van der Waals surface area contributed by atoms with Crippen LogP contribution in [0.5, 0.6) is 0 Å². The highest BCUT2D eigenvalue weighted by atomic mass is 19.3. The van der Waals surface area contributed by atoms with E-state index in [4.69, 9.17) is 9.72 Å². The van der Waals surface area contributed by atoms with Gasteiger partial charge in [-0.15, -0.1) is 0 Å². The minimum atomic E-state index is -2.85. The number of rotatable bonds is 9. The first kappa shape index (κ1) is 37.3. The molecule has 4 aromatic rings. The Kier molecular flexibility index (Phi) is 10.5. The molecule has 1 aromatic carbocycles. The minimum Gasteiger partial charge on any atom is -0.374 e. The Morgan fingerprint density at radius 1 is 1.00 bits per heavy atom. The number of amides is 3. The molecule has 5 aliphatic rings. The summed E-state index contributed by atoms with van der Waals surface area (Å²) in [6, 6.07) is 9.82. The number of halogens is 2. The summed E-state index contributed by atoms with van der Waals surface area (Å²) in [6.07, 6.45) is 7.53. The normalized spacial score (nSPS) is 25.5. The molecule has 14 nitrogen and oxygen atoms in total. The number of aromatic nitrogens is 5. The molecule has 298 valence electrons. The van der Waals surface area contributed by atoms with Crippen molar-refractivity contribution in [3.05, 3.63) is 71.3 Å². The molecule has 3 amide bonds. The maximum atomic E-state index is 14.2. The van der Waals surface area contributed by atoms with Crippen LogP contribution in [-0.4, -0.2) is 116 Å². The second-order valence-electron chi connectivity index (χ2n) is 16.0. The van der Waals surface area contributed by atoms with Crippen LogP contribution in [0.3, 0.4) is 0 Å². The maximum Gasteiger partial charge on any atom is 0.284 e. The zero-order chi connectivity index (χ0) is 39.0. The fourth-order valence-electron chi connectivity index (χ4n) is 9.05. The molecule has 2 N–H and O–H groups in total. The summed E-state index contributed by atoms with van der Waals surface area (Å²) in [5.74, 6) is 6.51. The second-order valence-corrected chi connectivity index (χ2v) is 16.0. The van der Waals surface area contributed by atoms with E-state index in [-0.39, 0.29) is 47.2 Å². The van der Waals surface area contributed by atoms with E-state index < -0.39 is 18.0 Å². The number of hydrogen-bond acceptors (Lipinski definition) is 10. The predicted octanol–water partition coefficient (Wildman–Crippen LogP) is 4.01. The van der Waals surface area contributed by atoms with Gasteiger partial charge < -0.3 is 19.9 Å². The molecule has 16 heteroatoms. The van der Waals surface area contributed by atoms with Crippen LogP contribution in [0, 0.1) is 17.8 Å². The molecule has 4 saturated heterocycles. The van der Waals surface area contributed by atoms with Crippen molar-refractivity contribution in [1.82, 2.24) is 39.5 Å². The lowest BCUT2D eigenvalue weighted by Crippen LogP contribution is -2.48. The van der Waals surface area contributed by atoms with Gasteiger partial charge in [-0.25, -0.2) is 18.3 Å². The summed E-state index contributed by atoms with van der Waals surface area (Å²) in [5, 5.41) is 13.7. The summed E-state index contributed by atoms with van der Waals surface area (Å²) in [7, 11) is 0. The quantitative estimate of drug-likeness (QED) is 0.189. The Morgan fingerprint density at radius 3 is 2.51 bits per heavy atom. The molecular formula is C41H46F2N10O4. The Labute approximate surface area is 328 Å². The number of fused-ring (bicyclic) bond motifs is 3. The lowest BCUT2D eigenvalue weighted by molar-refractivity contribution is -0.134. The van der Waals surface area contributed by atoms with Crippen LogP contribution >= 0.6 is 0 Å². The van der Waals surface area contributed by atoms with Crippen molar-refractivity contribution < 1.29 is 27.9 Å². The Balaban J connectivity index is 0.742. The first-order valence-electron chi connectivity index (χ1n) is 20.0. The summed E-state index contributed by atoms with van der Waals surface area (Å²) in [4.78, 5) is 48.9. The van der Waals surface area contributed by atoms with Gasteiger partial charge in [0.05, 0.1) is 49.1 Å². The van der Waals surface area contributed by atoms with Gasteiger partial charge >= 0.3 is 0 Å². The van der Waals surface area contributed by atoms with Crippen molar-refractivity contribution in [2.45, 2.75) is 75.5 Å². The van der Waals surface area contributed by atoms with Gasteiger partial charge in [-0.3, -0.25) is 29.3 Å². The summed E-state index contributed by atoms with van der Waals surface area (Å²) in [5.41, 5.74) is 1.94. The molecule has 9 rings (SSSR count). The monoisotopic (exact) mass is 780 g/mol. The molecule has 0 spiro atoms. The van der Waals surface area contributed by atoms with E-state index in [2.05, 4.69) is 47.4 Å². The highest BCUT2D eigenvalue weighted by molar-refractivity contribution is 6.08. The minimum absolute atomic E-state index is 0.00637. The Morgan fingerprint density at radius 2 is 1.79 bits per heavy atom. The number of piperidine rings is 1. The van der Waals surface area contributed by atoms with E-state index >= 15 is 0 Å². The average Bonchev–Trinajstić information content (AvgIpc) is 4.04. The van der Waals surface area contributed by atoms with Crippen molar-refractivity contribution >= 4 is 34.9 Å². The second kappa shape index (κ2) is 16.0. The van der Waals surface area contributed by atoms with E-state index in [9.17, 15) is 23.2 Å². The number of carbonyl (C=O) groups is 3. The van der Waals surface area contributed by atoms with E-state index in [1.54, 1.807) is 17.1 Å². The Bertz CT molecular complexity index is 2200. The van der Waals surface area contributed by atoms with Gasteiger partial charge in [0.1, 0.15) is 11.4 Å². The average molecular weight is 781 g/mol. The number of alkyl halides is 2. The van der Waals surface area contributed by atoms with Gasteiger partial charge in [-0.1, -0.05) is 24.0 Å². The molecule has 3 aromatic heterocycles. The van der Waals surface area contributed by atoms with Gasteiger partial charge in [0, 0.05) is 63.6 Å². The van der Waals surface area contributed by atoms with Crippen LogP contribution < -0.4 is 15.5 Å². The number of nitrogens with zero attached hydrogens (tertiary/aromatic N) is 8. The van der Waals surface area contributed by atoms with Crippen LogP contribution in [0.15, 0.2) is 48.9 Å². The standard InChI is InChI=1S/C41H46F2N10O4/c42-38(43)37-34(45-41(56)33-21-44-52-15-13-35(46-39(33)52)51-23-31-20-30(51)25-57-31)24-53(48-37)29-9-5-27(6-10-29)22-50-18-16-49(17-19-50)14-1-2-26-3-7-28(8-4-26)32-11-12-36(54)47-40(32)55/h3-4,7-8,13,15,21,24,27,29-32,38H,5-6,9-12,14,16-20,22-23,25H2,(H,45,56)(H,47,54,55)/t27?,29?,30-,31-,32?/m1/s1. The molecule has 7 heterocycles. The van der Waals surface area contributed by atoms with Crippen LogP contribution in [0.25, 0.3) is 5.65 Å². The van der Waals surface area contributed by atoms with Gasteiger partial charge in [-0.05, 0) is 68.2 Å². The zero-order valence-electron chi connectivity index (χ0n) is 31.7. The molecular weight excluding hydrogens is 735 g/mol. The lowest BCUT2D eigenvalue weighted by atomic mass is 9.85. The van der Waals surface area contributed by atoms with Crippen LogP contribution in [0.1, 0.15) is 90.5 Å². The number of carbonyl (C=O) groups excluding carboxylic acids is 3. The van der Waals surface area contributed by atoms with Crippen molar-refractivity contribution in [2.75, 3.05) is 62.6 Å². The van der Waals surface area contributed by atoms with Crippen LogP contribution in [0.4, 0.5) is 20.3 Å². The van der Waals surface area contributed by atoms with Gasteiger partial charge in [0.25, 0.3) is 12.3 Å². The summed E-state index contributed by atoms with van der Waals surface area (Å²) < 4.78 is 37.3. The molecule has 1 saturated carbocycles. The van der Waals surface area contributed by atoms with E-state index in [1.807, 2.05) is 30.3 Å². The number of benzene rings is 1. The fraction of sp³-hybridized carbons (Fsp3) is 0.512. The molecule has 57 heavy (non-hydrogen) atoms.